The van der Waals surface area contributed by atoms with Crippen molar-refractivity contribution in [1.29, 1.82) is 0 Å². The monoisotopic (exact) mass is 210 g/mol. The molecule has 2 aliphatic rings. The van der Waals surface area contributed by atoms with Gasteiger partial charge in [-0.3, -0.25) is 0 Å². The fourth-order valence-electron chi connectivity index (χ4n) is 3.43. The summed E-state index contributed by atoms with van der Waals surface area (Å²) in [5, 5.41) is 19.5. The van der Waals surface area contributed by atoms with Crippen LogP contribution in [0.25, 0.3) is 0 Å². The van der Waals surface area contributed by atoms with Crippen LogP contribution in [0.3, 0.4) is 0 Å². The molecule has 0 aromatic carbocycles. The van der Waals surface area contributed by atoms with Gasteiger partial charge in [-0.25, -0.2) is 0 Å². The summed E-state index contributed by atoms with van der Waals surface area (Å²) in [4.78, 5) is 0. The maximum absolute atomic E-state index is 10.7. The maximum atomic E-state index is 10.7. The molecule has 0 saturated heterocycles. The minimum atomic E-state index is -0.456. The van der Waals surface area contributed by atoms with Crippen molar-refractivity contribution in [1.82, 2.24) is 0 Å². The minimum absolute atomic E-state index is 0.0945. The molecule has 0 unspecified atom stereocenters. The third kappa shape index (κ3) is 2.11. The molecule has 2 aliphatic carbocycles. The zero-order chi connectivity index (χ0) is 10.7. The van der Waals surface area contributed by atoms with Gasteiger partial charge in [0.25, 0.3) is 0 Å². The van der Waals surface area contributed by atoms with Crippen LogP contribution in [0, 0.1) is 11.8 Å². The normalized spacial score (nSPS) is 41.7. The lowest BCUT2D eigenvalue weighted by atomic mass is 9.80. The smallest absolute Gasteiger partial charge is 0.0738 e. The molecule has 2 nitrogen and oxygen atoms in total. The van der Waals surface area contributed by atoms with E-state index >= 15 is 0 Å². The van der Waals surface area contributed by atoms with Crippen molar-refractivity contribution < 1.29 is 10.2 Å². The molecular weight excluding hydrogens is 188 g/mol. The highest BCUT2D eigenvalue weighted by molar-refractivity contribution is 5.07. The van der Waals surface area contributed by atoms with E-state index in [-0.39, 0.29) is 12.5 Å². The van der Waals surface area contributed by atoms with E-state index in [2.05, 4.69) is 0 Å². The van der Waals surface area contributed by atoms with Gasteiger partial charge in [-0.2, -0.15) is 0 Å². The largest absolute Gasteiger partial charge is 0.392 e. The summed E-state index contributed by atoms with van der Waals surface area (Å²) < 4.78 is 0. The van der Waals surface area contributed by atoms with Crippen molar-refractivity contribution in [3.8, 4) is 0 Å². The number of hydrogen-bond donors (Lipinski definition) is 2. The van der Waals surface area contributed by atoms with Gasteiger partial charge >= 0.3 is 0 Å². The van der Waals surface area contributed by atoms with Crippen LogP contribution in [-0.4, -0.2) is 22.4 Å². The Bertz CT molecular complexity index is 237. The van der Waals surface area contributed by atoms with Gasteiger partial charge in [0.05, 0.1) is 12.2 Å². The Morgan fingerprint density at radius 1 is 1.13 bits per heavy atom. The molecule has 0 bridgehead atoms. The van der Waals surface area contributed by atoms with Gasteiger partial charge in [-0.1, -0.05) is 31.4 Å². The second kappa shape index (κ2) is 4.67. The summed E-state index contributed by atoms with van der Waals surface area (Å²) in [6, 6.07) is 0. The van der Waals surface area contributed by atoms with Crippen molar-refractivity contribution >= 4 is 0 Å². The second-order valence-corrected chi connectivity index (χ2v) is 5.08. The number of aliphatic hydroxyl groups excluding tert-OH is 1. The van der Waals surface area contributed by atoms with Crippen LogP contribution >= 0.6 is 0 Å². The zero-order valence-corrected chi connectivity index (χ0v) is 9.36. The van der Waals surface area contributed by atoms with Crippen LogP contribution in [0.5, 0.6) is 0 Å². The van der Waals surface area contributed by atoms with Crippen LogP contribution in [0.2, 0.25) is 0 Å². The minimum Gasteiger partial charge on any atom is -0.392 e. The lowest BCUT2D eigenvalue weighted by Crippen LogP contribution is -2.38. The van der Waals surface area contributed by atoms with E-state index in [9.17, 15) is 5.11 Å². The molecule has 0 radical (unpaired) electrons. The fourth-order valence-corrected chi connectivity index (χ4v) is 3.43. The molecule has 0 aliphatic heterocycles. The van der Waals surface area contributed by atoms with Crippen LogP contribution in [0.4, 0.5) is 0 Å². The zero-order valence-electron chi connectivity index (χ0n) is 9.36. The van der Waals surface area contributed by atoms with Gasteiger partial charge in [0, 0.05) is 5.92 Å². The third-order valence-electron chi connectivity index (χ3n) is 4.28. The van der Waals surface area contributed by atoms with Crippen molar-refractivity contribution in [3.63, 3.8) is 0 Å². The van der Waals surface area contributed by atoms with E-state index in [1.54, 1.807) is 6.08 Å². The van der Waals surface area contributed by atoms with Gasteiger partial charge < -0.3 is 10.2 Å². The molecule has 2 N–H and O–H groups in total. The Labute approximate surface area is 92.0 Å². The number of fused-ring (bicyclic) bond motifs is 1. The Kier molecular flexibility index (Phi) is 3.47. The molecule has 0 heterocycles. The quantitative estimate of drug-likeness (QED) is 0.686. The third-order valence-corrected chi connectivity index (χ3v) is 4.28. The molecule has 2 rings (SSSR count). The standard InChI is InChI=1S/C13H22O2/c14-10-4-6-12-8-7-11-5-2-1-3-9-13(11,12)15/h4,6,11-12,14-15H,1-3,5,7-10H2/b6-4+/t11-,12+,13+/m0/s1. The predicted molar refractivity (Wildman–Crippen MR) is 60.5 cm³/mol. The average Bonchev–Trinajstić information content (AvgIpc) is 2.42. The van der Waals surface area contributed by atoms with Crippen molar-refractivity contribution in [3.05, 3.63) is 12.2 Å². The molecule has 0 amide bonds. The molecule has 0 aromatic heterocycles. The maximum Gasteiger partial charge on any atom is 0.0738 e. The molecule has 86 valence electrons. The van der Waals surface area contributed by atoms with Crippen molar-refractivity contribution in [2.45, 2.75) is 50.5 Å². The Morgan fingerprint density at radius 2 is 2.00 bits per heavy atom. The Hall–Kier alpha value is -0.340. The molecule has 0 aromatic rings. The number of rotatable bonds is 2. The van der Waals surface area contributed by atoms with E-state index < -0.39 is 5.60 Å². The Morgan fingerprint density at radius 3 is 2.80 bits per heavy atom. The van der Waals surface area contributed by atoms with E-state index in [0.29, 0.717) is 5.92 Å². The average molecular weight is 210 g/mol. The van der Waals surface area contributed by atoms with Crippen LogP contribution in [0.1, 0.15) is 44.9 Å². The van der Waals surface area contributed by atoms with Gasteiger partial charge in [0.2, 0.25) is 0 Å². The van der Waals surface area contributed by atoms with Crippen molar-refractivity contribution in [2.75, 3.05) is 6.61 Å². The SMILES string of the molecule is OC/C=C/[C@@H]1CC[C@@H]2CCCCC[C@@]21O. The first-order valence-corrected chi connectivity index (χ1v) is 6.27. The van der Waals surface area contributed by atoms with Gasteiger partial charge in [-0.05, 0) is 31.6 Å². The predicted octanol–water partition coefficient (Wildman–Crippen LogP) is 2.26. The first-order chi connectivity index (χ1) is 7.27. The van der Waals surface area contributed by atoms with E-state index in [1.165, 1.54) is 19.3 Å². The molecule has 0 spiro atoms. The van der Waals surface area contributed by atoms with Crippen LogP contribution < -0.4 is 0 Å². The Balaban J connectivity index is 2.10. The van der Waals surface area contributed by atoms with E-state index in [4.69, 9.17) is 5.11 Å². The van der Waals surface area contributed by atoms with E-state index in [1.807, 2.05) is 6.08 Å². The summed E-state index contributed by atoms with van der Waals surface area (Å²) in [5.41, 5.74) is -0.456. The summed E-state index contributed by atoms with van der Waals surface area (Å²) >= 11 is 0. The first kappa shape index (κ1) is 11.2. The summed E-state index contributed by atoms with van der Waals surface area (Å²) in [6.07, 6.45) is 11.9. The van der Waals surface area contributed by atoms with E-state index in [0.717, 1.165) is 25.7 Å². The lowest BCUT2D eigenvalue weighted by molar-refractivity contribution is -0.0280. The highest BCUT2D eigenvalue weighted by Crippen LogP contribution is 2.48. The summed E-state index contributed by atoms with van der Waals surface area (Å²) in [6.45, 7) is 0.0945. The molecule has 3 atom stereocenters. The lowest BCUT2D eigenvalue weighted by Gasteiger charge is -2.32. The van der Waals surface area contributed by atoms with Crippen molar-refractivity contribution in [2.24, 2.45) is 11.8 Å². The summed E-state index contributed by atoms with van der Waals surface area (Å²) in [7, 11) is 0. The highest BCUT2D eigenvalue weighted by atomic mass is 16.3. The molecule has 2 fully saturated rings. The topological polar surface area (TPSA) is 40.5 Å². The second-order valence-electron chi connectivity index (χ2n) is 5.08. The molecular formula is C13H22O2. The van der Waals surface area contributed by atoms with Gasteiger partial charge in [0.15, 0.2) is 0 Å². The van der Waals surface area contributed by atoms with Crippen LogP contribution in [-0.2, 0) is 0 Å². The summed E-state index contributed by atoms with van der Waals surface area (Å²) in [5.74, 6) is 0.793. The van der Waals surface area contributed by atoms with Crippen LogP contribution in [0.15, 0.2) is 12.2 Å². The first-order valence-electron chi connectivity index (χ1n) is 6.27. The molecule has 2 saturated carbocycles. The van der Waals surface area contributed by atoms with Gasteiger partial charge in [-0.15, -0.1) is 0 Å². The molecule has 15 heavy (non-hydrogen) atoms. The fraction of sp³-hybridized carbons (Fsp3) is 0.846. The highest BCUT2D eigenvalue weighted by Gasteiger charge is 2.47. The number of hydrogen-bond acceptors (Lipinski definition) is 2. The molecule has 2 heteroatoms. The van der Waals surface area contributed by atoms with Gasteiger partial charge in [0.1, 0.15) is 0 Å². The number of aliphatic hydroxyl groups is 2.